The van der Waals surface area contributed by atoms with Gasteiger partial charge in [-0.1, -0.05) is 11.8 Å². The first kappa shape index (κ1) is 22.4. The molecule has 1 aliphatic heterocycles. The van der Waals surface area contributed by atoms with Crippen molar-refractivity contribution < 1.29 is 14.3 Å². The van der Waals surface area contributed by atoms with Crippen LogP contribution in [0.25, 0.3) is 0 Å². The molecule has 1 N–H and O–H groups in total. The number of amides is 1. The Kier molecular flexibility index (Phi) is 7.51. The summed E-state index contributed by atoms with van der Waals surface area (Å²) in [6.45, 7) is 5.50. The van der Waals surface area contributed by atoms with Gasteiger partial charge in [-0.25, -0.2) is 4.98 Å². The molecule has 0 saturated carbocycles. The monoisotopic (exact) mass is 452 g/mol. The van der Waals surface area contributed by atoms with Crippen LogP contribution in [0, 0.1) is 11.3 Å². The number of ether oxygens (including phenoxy) is 2. The van der Waals surface area contributed by atoms with Gasteiger partial charge in [0.05, 0.1) is 31.1 Å². The van der Waals surface area contributed by atoms with Crippen molar-refractivity contribution >= 4 is 29.2 Å². The summed E-state index contributed by atoms with van der Waals surface area (Å²) in [4.78, 5) is 19.7. The SMILES string of the molecule is CCOc1ccc(NC(=O)CSc2nc(N3CCOCC3)c3c(c2C#N)CCCC3)cc1. The van der Waals surface area contributed by atoms with E-state index in [-0.39, 0.29) is 11.7 Å². The van der Waals surface area contributed by atoms with Gasteiger partial charge in [0, 0.05) is 18.8 Å². The van der Waals surface area contributed by atoms with E-state index in [1.54, 1.807) is 0 Å². The average Bonchev–Trinajstić information content (AvgIpc) is 2.84. The van der Waals surface area contributed by atoms with E-state index in [2.05, 4.69) is 16.3 Å². The third kappa shape index (κ3) is 5.17. The Bertz CT molecular complexity index is 998. The summed E-state index contributed by atoms with van der Waals surface area (Å²) in [5.74, 6) is 1.80. The number of aromatic nitrogens is 1. The number of carbonyl (C=O) groups excluding carboxylic acids is 1. The molecular formula is C24H28N4O3S. The summed E-state index contributed by atoms with van der Waals surface area (Å²) in [5.41, 5.74) is 3.67. The molecule has 8 heteroatoms. The number of hydrogen-bond acceptors (Lipinski definition) is 7. The van der Waals surface area contributed by atoms with E-state index >= 15 is 0 Å². The van der Waals surface area contributed by atoms with E-state index < -0.39 is 0 Å². The minimum absolute atomic E-state index is 0.129. The molecule has 0 spiro atoms. The fraction of sp³-hybridized carbons (Fsp3) is 0.458. The van der Waals surface area contributed by atoms with Gasteiger partial charge in [-0.3, -0.25) is 4.79 Å². The van der Waals surface area contributed by atoms with Crippen molar-refractivity contribution in [2.75, 3.05) is 48.9 Å². The number of morpholine rings is 1. The molecule has 1 saturated heterocycles. The lowest BCUT2D eigenvalue weighted by molar-refractivity contribution is -0.113. The highest BCUT2D eigenvalue weighted by Crippen LogP contribution is 2.36. The normalized spacial score (nSPS) is 15.6. The van der Waals surface area contributed by atoms with Crippen molar-refractivity contribution in [3.05, 3.63) is 41.0 Å². The van der Waals surface area contributed by atoms with Crippen molar-refractivity contribution in [2.45, 2.75) is 37.6 Å². The summed E-state index contributed by atoms with van der Waals surface area (Å²) >= 11 is 1.33. The zero-order valence-corrected chi connectivity index (χ0v) is 19.2. The predicted molar refractivity (Wildman–Crippen MR) is 126 cm³/mol. The molecule has 2 aromatic rings. The van der Waals surface area contributed by atoms with Gasteiger partial charge in [0.25, 0.3) is 0 Å². The molecule has 2 heterocycles. The number of anilines is 2. The number of carbonyl (C=O) groups is 1. The second-order valence-corrected chi connectivity index (χ2v) is 8.75. The zero-order valence-electron chi connectivity index (χ0n) is 18.4. The van der Waals surface area contributed by atoms with Gasteiger partial charge in [-0.2, -0.15) is 5.26 Å². The molecule has 0 bridgehead atoms. The van der Waals surface area contributed by atoms with Crippen molar-refractivity contribution in [2.24, 2.45) is 0 Å². The van der Waals surface area contributed by atoms with Gasteiger partial charge in [0.1, 0.15) is 22.7 Å². The van der Waals surface area contributed by atoms with Gasteiger partial charge in [-0.05, 0) is 68.0 Å². The first-order chi connectivity index (χ1) is 15.7. The summed E-state index contributed by atoms with van der Waals surface area (Å²) < 4.78 is 10.9. The zero-order chi connectivity index (χ0) is 22.3. The number of fused-ring (bicyclic) bond motifs is 1. The largest absolute Gasteiger partial charge is 0.494 e. The molecule has 0 radical (unpaired) electrons. The first-order valence-electron chi connectivity index (χ1n) is 11.1. The highest BCUT2D eigenvalue weighted by atomic mass is 32.2. The maximum atomic E-state index is 12.6. The van der Waals surface area contributed by atoms with Crippen LogP contribution in [0.2, 0.25) is 0 Å². The van der Waals surface area contributed by atoms with Crippen LogP contribution in [0.15, 0.2) is 29.3 Å². The minimum atomic E-state index is -0.129. The fourth-order valence-electron chi connectivity index (χ4n) is 4.17. The highest BCUT2D eigenvalue weighted by Gasteiger charge is 2.26. The second-order valence-electron chi connectivity index (χ2n) is 7.79. The smallest absolute Gasteiger partial charge is 0.234 e. The van der Waals surface area contributed by atoms with Gasteiger partial charge in [-0.15, -0.1) is 0 Å². The fourth-order valence-corrected chi connectivity index (χ4v) is 4.97. The predicted octanol–water partition coefficient (Wildman–Crippen LogP) is 3.80. The van der Waals surface area contributed by atoms with Crippen LogP contribution >= 0.6 is 11.8 Å². The number of benzene rings is 1. The molecule has 1 aliphatic carbocycles. The third-order valence-corrected chi connectivity index (χ3v) is 6.65. The second kappa shape index (κ2) is 10.7. The van der Waals surface area contributed by atoms with Crippen LogP contribution < -0.4 is 15.0 Å². The van der Waals surface area contributed by atoms with Crippen molar-refractivity contribution in [1.82, 2.24) is 4.98 Å². The van der Waals surface area contributed by atoms with Crippen LogP contribution in [-0.2, 0) is 22.4 Å². The molecule has 0 unspecified atom stereocenters. The van der Waals surface area contributed by atoms with Crippen LogP contribution in [-0.4, -0.2) is 49.6 Å². The van der Waals surface area contributed by atoms with Gasteiger partial charge >= 0.3 is 0 Å². The molecule has 1 aromatic heterocycles. The highest BCUT2D eigenvalue weighted by molar-refractivity contribution is 8.00. The summed E-state index contributed by atoms with van der Waals surface area (Å²) in [6.07, 6.45) is 4.04. The molecule has 32 heavy (non-hydrogen) atoms. The number of nitrogens with one attached hydrogen (secondary N) is 1. The molecule has 4 rings (SSSR count). The number of rotatable bonds is 7. The molecule has 0 atom stereocenters. The lowest BCUT2D eigenvalue weighted by atomic mass is 9.89. The molecule has 1 fully saturated rings. The van der Waals surface area contributed by atoms with E-state index in [1.165, 1.54) is 17.3 Å². The number of nitrogens with zero attached hydrogens (tertiary/aromatic N) is 3. The molecule has 1 amide bonds. The van der Waals surface area contributed by atoms with Gasteiger partial charge in [0.15, 0.2) is 0 Å². The summed E-state index contributed by atoms with van der Waals surface area (Å²) in [5, 5.41) is 13.5. The maximum absolute atomic E-state index is 12.6. The van der Waals surface area contributed by atoms with Crippen LogP contribution in [0.3, 0.4) is 0 Å². The van der Waals surface area contributed by atoms with Crippen LogP contribution in [0.5, 0.6) is 5.75 Å². The third-order valence-electron chi connectivity index (χ3n) is 5.67. The molecule has 2 aliphatic rings. The lowest BCUT2D eigenvalue weighted by Gasteiger charge is -2.32. The lowest BCUT2D eigenvalue weighted by Crippen LogP contribution is -2.38. The number of hydrogen-bond donors (Lipinski definition) is 1. The summed E-state index contributed by atoms with van der Waals surface area (Å²) in [7, 11) is 0. The number of nitriles is 1. The topological polar surface area (TPSA) is 87.5 Å². The van der Waals surface area contributed by atoms with Gasteiger partial charge in [0.2, 0.25) is 5.91 Å². The number of thioether (sulfide) groups is 1. The van der Waals surface area contributed by atoms with E-state index in [0.717, 1.165) is 55.9 Å². The van der Waals surface area contributed by atoms with Crippen molar-refractivity contribution in [3.8, 4) is 11.8 Å². The molecule has 7 nitrogen and oxygen atoms in total. The van der Waals surface area contributed by atoms with E-state index in [9.17, 15) is 10.1 Å². The summed E-state index contributed by atoms with van der Waals surface area (Å²) in [6, 6.07) is 9.68. The number of pyridine rings is 1. The first-order valence-corrected chi connectivity index (χ1v) is 12.1. The Morgan fingerprint density at radius 2 is 1.94 bits per heavy atom. The quantitative estimate of drug-likeness (QED) is 0.640. The minimum Gasteiger partial charge on any atom is -0.494 e. The Morgan fingerprint density at radius 1 is 1.22 bits per heavy atom. The maximum Gasteiger partial charge on any atom is 0.234 e. The van der Waals surface area contributed by atoms with E-state index in [4.69, 9.17) is 14.5 Å². The Labute approximate surface area is 193 Å². The van der Waals surface area contributed by atoms with Crippen molar-refractivity contribution in [3.63, 3.8) is 0 Å². The van der Waals surface area contributed by atoms with E-state index in [1.807, 2.05) is 31.2 Å². The van der Waals surface area contributed by atoms with E-state index in [0.29, 0.717) is 36.1 Å². The molecule has 168 valence electrons. The van der Waals surface area contributed by atoms with Crippen LogP contribution in [0.1, 0.15) is 36.5 Å². The Balaban J connectivity index is 1.51. The van der Waals surface area contributed by atoms with Gasteiger partial charge < -0.3 is 19.7 Å². The molecular weight excluding hydrogens is 424 g/mol. The molecule has 1 aromatic carbocycles. The average molecular weight is 453 g/mol. The Morgan fingerprint density at radius 3 is 2.62 bits per heavy atom. The van der Waals surface area contributed by atoms with Crippen LogP contribution in [0.4, 0.5) is 11.5 Å². The Hall–Kier alpha value is -2.76. The van der Waals surface area contributed by atoms with Crippen molar-refractivity contribution in [1.29, 1.82) is 5.26 Å². The standard InChI is InChI=1S/C24H28N4O3S/c1-2-31-18-9-7-17(8-10-18)26-22(29)16-32-24-21(15-25)19-5-3-4-6-20(19)23(27-24)28-11-13-30-14-12-28/h7-10H,2-6,11-14,16H2,1H3,(H,26,29).